The van der Waals surface area contributed by atoms with Crippen molar-refractivity contribution in [2.45, 2.75) is 40.5 Å². The van der Waals surface area contributed by atoms with Gasteiger partial charge in [0, 0.05) is 48.7 Å². The Bertz CT molecular complexity index is 1510. The number of amides is 6. The summed E-state index contributed by atoms with van der Waals surface area (Å²) in [6, 6.07) is 8.46. The lowest BCUT2D eigenvalue weighted by molar-refractivity contribution is 0.0951. The number of fused-ring (bicyclic) bond motifs is 1. The number of anilines is 2. The van der Waals surface area contributed by atoms with Gasteiger partial charge < -0.3 is 51.7 Å². The van der Waals surface area contributed by atoms with E-state index in [0.29, 0.717) is 29.8 Å². The third kappa shape index (κ3) is 12.4. The molecule has 262 valence electrons. The summed E-state index contributed by atoms with van der Waals surface area (Å²) in [5.41, 5.74) is 2.11. The van der Waals surface area contributed by atoms with Gasteiger partial charge in [0.05, 0.1) is 11.0 Å². The molecule has 0 fully saturated rings. The molecule has 15 heteroatoms. The maximum Gasteiger partial charge on any atom is 0.323 e. The number of carbonyl (C=O) groups excluding carboxylic acids is 4. The molecule has 0 aliphatic rings. The van der Waals surface area contributed by atoms with E-state index in [-0.39, 0.29) is 47.4 Å². The van der Waals surface area contributed by atoms with Gasteiger partial charge in [-0.3, -0.25) is 9.59 Å². The number of imidazole rings is 1. The van der Waals surface area contributed by atoms with Gasteiger partial charge in [-0.25, -0.2) is 14.4 Å². The zero-order chi connectivity index (χ0) is 34.9. The molecule has 0 aliphatic heterocycles. The quantitative estimate of drug-likeness (QED) is 0.0901. The maximum absolute atomic E-state index is 13.1. The van der Waals surface area contributed by atoms with Crippen LogP contribution >= 0.6 is 0 Å². The predicted octanol–water partition coefficient (Wildman–Crippen LogP) is 2.72. The second-order valence-electron chi connectivity index (χ2n) is 11.2. The van der Waals surface area contributed by atoms with Gasteiger partial charge in [0.25, 0.3) is 11.8 Å². The monoisotopic (exact) mass is 666 g/mol. The fourth-order valence-electron chi connectivity index (χ4n) is 5.07. The molecule has 0 unspecified atom stereocenters. The number of nitrogens with zero attached hydrogens (tertiary/aromatic N) is 2. The third-order valence-electron chi connectivity index (χ3n) is 7.85. The molecule has 0 radical (unpaired) electrons. The number of H-pyrrole nitrogens is 2. The second-order valence-corrected chi connectivity index (χ2v) is 11.2. The van der Waals surface area contributed by atoms with Crippen molar-refractivity contribution in [3.8, 4) is 0 Å². The van der Waals surface area contributed by atoms with Crippen LogP contribution in [0.1, 0.15) is 61.3 Å². The molecule has 0 atom stereocenters. The first-order valence-electron chi connectivity index (χ1n) is 16.6. The zero-order valence-electron chi connectivity index (χ0n) is 28.4. The highest BCUT2D eigenvalue weighted by Gasteiger charge is 2.15. The highest BCUT2D eigenvalue weighted by Crippen LogP contribution is 2.16. The number of nitrogens with one attached hydrogen (secondary N) is 8. The molecule has 6 amide bonds. The Kier molecular flexibility index (Phi) is 15.4. The lowest BCUT2D eigenvalue weighted by Gasteiger charge is -2.18. The highest BCUT2D eigenvalue weighted by atomic mass is 16.2. The fraction of sp³-hybridized carbons (Fsp3) is 0.485. The van der Waals surface area contributed by atoms with Crippen LogP contribution in [0.4, 0.5) is 21.0 Å². The van der Waals surface area contributed by atoms with E-state index < -0.39 is 12.1 Å². The van der Waals surface area contributed by atoms with Crippen LogP contribution in [0.2, 0.25) is 0 Å². The Morgan fingerprint density at radius 2 is 1.06 bits per heavy atom. The van der Waals surface area contributed by atoms with E-state index in [0.717, 1.165) is 52.1 Å². The van der Waals surface area contributed by atoms with E-state index in [1.54, 1.807) is 18.2 Å². The van der Waals surface area contributed by atoms with Crippen LogP contribution < -0.4 is 37.6 Å². The molecule has 0 saturated carbocycles. The molecule has 3 aromatic rings. The van der Waals surface area contributed by atoms with Crippen LogP contribution in [0.5, 0.6) is 0 Å². The standard InChI is InChI=1S/C33H50N10O5/c1-5-42(6-2)17-9-13-34-29(44)23-19-24(30(45)35-14-10-18-43(7-3)8-4)21-26(20-23)39-32(47)37-16-15-36-31(46)38-25-11-12-27-28(22-25)41-33(48)40-27/h11-12,19-22H,5-10,13-18H2,1-4H3,(H,34,44)(H,35,45)(H2,36,38,46)(H2,37,39,47)(H2,40,41,48). The molecule has 1 heterocycles. The van der Waals surface area contributed by atoms with E-state index in [1.807, 2.05) is 0 Å². The van der Waals surface area contributed by atoms with Crippen molar-refractivity contribution >= 4 is 46.3 Å². The molecule has 0 saturated heterocycles. The summed E-state index contributed by atoms with van der Waals surface area (Å²) in [5, 5.41) is 16.5. The van der Waals surface area contributed by atoms with Crippen LogP contribution in [0, 0.1) is 0 Å². The first kappa shape index (κ1) is 37.6. The van der Waals surface area contributed by atoms with Crippen LogP contribution in [0.3, 0.4) is 0 Å². The largest absolute Gasteiger partial charge is 0.352 e. The number of benzene rings is 2. The van der Waals surface area contributed by atoms with E-state index in [2.05, 4.69) is 79.4 Å². The number of hydrogen-bond acceptors (Lipinski definition) is 7. The molecule has 0 spiro atoms. The molecule has 3 rings (SSSR count). The molecule has 1 aromatic heterocycles. The second kappa shape index (κ2) is 19.7. The van der Waals surface area contributed by atoms with Crippen molar-refractivity contribution < 1.29 is 19.2 Å². The molecule has 8 N–H and O–H groups in total. The van der Waals surface area contributed by atoms with Gasteiger partial charge in [-0.15, -0.1) is 0 Å². The lowest BCUT2D eigenvalue weighted by atomic mass is 10.1. The number of urea groups is 2. The highest BCUT2D eigenvalue weighted by molar-refractivity contribution is 6.02. The predicted molar refractivity (Wildman–Crippen MR) is 189 cm³/mol. The minimum atomic E-state index is -0.568. The van der Waals surface area contributed by atoms with Gasteiger partial charge in [0.15, 0.2) is 0 Å². The van der Waals surface area contributed by atoms with Crippen molar-refractivity contribution in [1.29, 1.82) is 0 Å². The minimum absolute atomic E-state index is 0.107. The molecule has 0 aliphatic carbocycles. The number of hydrogen-bond donors (Lipinski definition) is 8. The summed E-state index contributed by atoms with van der Waals surface area (Å²) >= 11 is 0. The van der Waals surface area contributed by atoms with Crippen LogP contribution in [0.15, 0.2) is 41.2 Å². The van der Waals surface area contributed by atoms with Gasteiger partial charge in [0.1, 0.15) is 0 Å². The number of carbonyl (C=O) groups is 4. The van der Waals surface area contributed by atoms with E-state index in [9.17, 15) is 24.0 Å². The summed E-state index contributed by atoms with van der Waals surface area (Å²) < 4.78 is 0. The number of aromatic nitrogens is 2. The van der Waals surface area contributed by atoms with Crippen LogP contribution in [-0.4, -0.2) is 109 Å². The lowest BCUT2D eigenvalue weighted by Crippen LogP contribution is -2.38. The van der Waals surface area contributed by atoms with Gasteiger partial charge in [-0.05, 0) is 88.5 Å². The van der Waals surface area contributed by atoms with Gasteiger partial charge in [0.2, 0.25) is 0 Å². The van der Waals surface area contributed by atoms with Crippen molar-refractivity contribution in [3.63, 3.8) is 0 Å². The van der Waals surface area contributed by atoms with Gasteiger partial charge in [-0.2, -0.15) is 0 Å². The van der Waals surface area contributed by atoms with E-state index in [1.165, 1.54) is 18.2 Å². The van der Waals surface area contributed by atoms with E-state index in [4.69, 9.17) is 0 Å². The average Bonchev–Trinajstić information content (AvgIpc) is 3.45. The van der Waals surface area contributed by atoms with Crippen molar-refractivity contribution in [2.75, 3.05) is 76.1 Å². The minimum Gasteiger partial charge on any atom is -0.352 e. The Balaban J connectivity index is 1.55. The third-order valence-corrected chi connectivity index (χ3v) is 7.85. The van der Waals surface area contributed by atoms with Crippen LogP contribution in [-0.2, 0) is 0 Å². The van der Waals surface area contributed by atoms with Gasteiger partial charge >= 0.3 is 17.8 Å². The van der Waals surface area contributed by atoms with Crippen molar-refractivity contribution in [3.05, 3.63) is 58.0 Å². The average molecular weight is 667 g/mol. The first-order valence-corrected chi connectivity index (χ1v) is 16.6. The summed E-state index contributed by atoms with van der Waals surface area (Å²) in [4.78, 5) is 72.4. The summed E-state index contributed by atoms with van der Waals surface area (Å²) in [6.07, 6.45) is 1.56. The SMILES string of the molecule is CCN(CC)CCCNC(=O)c1cc(NC(=O)NCCNC(=O)Nc2ccc3[nH]c(=O)[nH]c3c2)cc(C(=O)NCCCN(CC)CC)c1. The van der Waals surface area contributed by atoms with Gasteiger partial charge in [-0.1, -0.05) is 27.7 Å². The smallest absolute Gasteiger partial charge is 0.323 e. The fourth-order valence-corrected chi connectivity index (χ4v) is 5.07. The Morgan fingerprint density at radius 1 is 0.583 bits per heavy atom. The van der Waals surface area contributed by atoms with Crippen molar-refractivity contribution in [1.82, 2.24) is 41.0 Å². The topological polar surface area (TPSA) is 196 Å². The Labute approximate surface area is 281 Å². The van der Waals surface area contributed by atoms with E-state index >= 15 is 0 Å². The molecule has 15 nitrogen and oxygen atoms in total. The number of rotatable bonds is 19. The Morgan fingerprint density at radius 3 is 1.56 bits per heavy atom. The zero-order valence-corrected chi connectivity index (χ0v) is 28.4. The first-order chi connectivity index (χ1) is 23.1. The van der Waals surface area contributed by atoms with Crippen LogP contribution in [0.25, 0.3) is 11.0 Å². The Hall–Kier alpha value is -4.89. The maximum atomic E-state index is 13.1. The summed E-state index contributed by atoms with van der Waals surface area (Å²) in [5.74, 6) is -0.683. The normalized spacial score (nSPS) is 11.0. The molecule has 0 bridgehead atoms. The summed E-state index contributed by atoms with van der Waals surface area (Å²) in [6.45, 7) is 15.0. The summed E-state index contributed by atoms with van der Waals surface area (Å²) in [7, 11) is 0. The number of aromatic amines is 2. The molecule has 2 aromatic carbocycles. The molecular weight excluding hydrogens is 616 g/mol. The van der Waals surface area contributed by atoms with Crippen molar-refractivity contribution in [2.24, 2.45) is 0 Å². The molecular formula is C33H50N10O5. The molecule has 48 heavy (non-hydrogen) atoms.